The topological polar surface area (TPSA) is 0 Å². The Hall–Kier alpha value is -0.740. The van der Waals surface area contributed by atoms with Crippen LogP contribution in [0.15, 0.2) is 30.5 Å². The fourth-order valence-electron chi connectivity index (χ4n) is 1.07. The van der Waals surface area contributed by atoms with Gasteiger partial charge >= 0.3 is 0 Å². The van der Waals surface area contributed by atoms with E-state index in [9.17, 15) is 0 Å². The van der Waals surface area contributed by atoms with E-state index in [1.54, 1.807) is 0 Å². The molecule has 0 heteroatoms. The summed E-state index contributed by atoms with van der Waals surface area (Å²) in [6.45, 7) is 5.70. The van der Waals surface area contributed by atoms with Crippen LogP contribution in [-0.2, 0) is 0 Å². The van der Waals surface area contributed by atoms with Gasteiger partial charge in [-0.3, -0.25) is 0 Å². The van der Waals surface area contributed by atoms with E-state index in [4.69, 9.17) is 0 Å². The molecule has 0 bridgehead atoms. The maximum absolute atomic E-state index is 3.53. The average Bonchev–Trinajstić information content (AvgIpc) is 2.10. The van der Waals surface area contributed by atoms with E-state index >= 15 is 0 Å². The summed E-state index contributed by atoms with van der Waals surface area (Å²) in [5, 5.41) is 0. The number of hydrogen-bond donors (Lipinski definition) is 0. The van der Waals surface area contributed by atoms with E-state index in [-0.39, 0.29) is 0 Å². The molecule has 0 atom stereocenters. The summed E-state index contributed by atoms with van der Waals surface area (Å²) >= 11 is 0. The molecule has 12 heavy (non-hydrogen) atoms. The molecule has 0 rings (SSSR count). The Balaban J connectivity index is 3.00. The van der Waals surface area contributed by atoms with Gasteiger partial charge < -0.3 is 0 Å². The van der Waals surface area contributed by atoms with Crippen LogP contribution < -0.4 is 0 Å². The van der Waals surface area contributed by atoms with Crippen LogP contribution in [0.3, 0.4) is 0 Å². The number of unbranched alkanes of at least 4 members (excludes halogenated alkanes) is 4. The van der Waals surface area contributed by atoms with E-state index in [0.29, 0.717) is 0 Å². The zero-order valence-electron chi connectivity index (χ0n) is 8.18. The van der Waals surface area contributed by atoms with E-state index in [2.05, 4.69) is 31.4 Å². The minimum atomic E-state index is 1.14. The van der Waals surface area contributed by atoms with Crippen LogP contribution in [0, 0.1) is 0 Å². The van der Waals surface area contributed by atoms with Gasteiger partial charge in [0, 0.05) is 0 Å². The average molecular weight is 164 g/mol. The highest BCUT2D eigenvalue weighted by atomic mass is 13.9. The van der Waals surface area contributed by atoms with Crippen LogP contribution in [0.2, 0.25) is 0 Å². The van der Waals surface area contributed by atoms with Crippen molar-refractivity contribution >= 4 is 0 Å². The lowest BCUT2D eigenvalue weighted by atomic mass is 10.1. The molecule has 0 aromatic rings. The maximum atomic E-state index is 3.53. The molecule has 68 valence electrons. The highest BCUT2D eigenvalue weighted by molar-refractivity contribution is 4.80. The first-order valence-electron chi connectivity index (χ1n) is 4.91. The Morgan fingerprint density at radius 3 is 2.50 bits per heavy atom. The lowest BCUT2D eigenvalue weighted by Gasteiger charge is -1.93. The van der Waals surface area contributed by atoms with Crippen molar-refractivity contribution in [3.05, 3.63) is 30.5 Å². The van der Waals surface area contributed by atoms with Crippen molar-refractivity contribution in [3.63, 3.8) is 0 Å². The molecule has 0 nitrogen and oxygen atoms in total. The zero-order chi connectivity index (χ0) is 9.07. The third kappa shape index (κ3) is 9.26. The quantitative estimate of drug-likeness (QED) is 0.300. The van der Waals surface area contributed by atoms with Gasteiger partial charge in [0.05, 0.1) is 0 Å². The summed E-state index contributed by atoms with van der Waals surface area (Å²) in [6, 6.07) is 0. The number of hydrogen-bond acceptors (Lipinski definition) is 0. The summed E-state index contributed by atoms with van der Waals surface area (Å²) < 4.78 is 0. The minimum absolute atomic E-state index is 1.14. The predicted molar refractivity (Wildman–Crippen MR) is 56.2 cm³/mol. The zero-order valence-corrected chi connectivity index (χ0v) is 8.18. The fraction of sp³-hybridized carbons (Fsp3) is 0.583. The van der Waals surface area contributed by atoms with Gasteiger partial charge in [0.1, 0.15) is 0 Å². The van der Waals surface area contributed by atoms with Crippen LogP contribution >= 0.6 is 0 Å². The highest BCUT2D eigenvalue weighted by Crippen LogP contribution is 2.03. The van der Waals surface area contributed by atoms with Crippen LogP contribution in [-0.4, -0.2) is 0 Å². The fourth-order valence-corrected chi connectivity index (χ4v) is 1.07. The second-order valence-corrected chi connectivity index (χ2v) is 2.93. The normalized spacial score (nSPS) is 10.1. The van der Waals surface area contributed by atoms with Crippen LogP contribution in [0.5, 0.6) is 0 Å². The van der Waals surface area contributed by atoms with Gasteiger partial charge in [-0.1, -0.05) is 32.1 Å². The summed E-state index contributed by atoms with van der Waals surface area (Å²) in [4.78, 5) is 0. The van der Waals surface area contributed by atoms with Gasteiger partial charge in [0.2, 0.25) is 0 Å². The summed E-state index contributed by atoms with van der Waals surface area (Å²) in [7, 11) is 0. The summed E-state index contributed by atoms with van der Waals surface area (Å²) in [5.74, 6) is 0. The van der Waals surface area contributed by atoms with Gasteiger partial charge in [-0.15, -0.1) is 5.73 Å². The first-order chi connectivity index (χ1) is 5.91. The standard InChI is InChI=1S/C12H20/c1-3-5-7-9-11-12-10-8-6-4-2/h5-6,8H,1,4,7,9-12H2,2H3. The molecule has 0 aliphatic heterocycles. The van der Waals surface area contributed by atoms with Gasteiger partial charge in [-0.25, -0.2) is 0 Å². The van der Waals surface area contributed by atoms with Crippen LogP contribution in [0.1, 0.15) is 45.4 Å². The monoisotopic (exact) mass is 164 g/mol. The van der Waals surface area contributed by atoms with Crippen molar-refractivity contribution in [1.29, 1.82) is 0 Å². The third-order valence-electron chi connectivity index (χ3n) is 1.77. The first-order valence-corrected chi connectivity index (χ1v) is 4.91. The van der Waals surface area contributed by atoms with Gasteiger partial charge in [0.15, 0.2) is 0 Å². The summed E-state index contributed by atoms with van der Waals surface area (Å²) in [5.41, 5.74) is 2.79. The van der Waals surface area contributed by atoms with Gasteiger partial charge in [-0.2, -0.15) is 0 Å². The predicted octanol–water partition coefficient (Wildman–Crippen LogP) is 4.24. The second-order valence-electron chi connectivity index (χ2n) is 2.93. The highest BCUT2D eigenvalue weighted by Gasteiger charge is 1.84. The molecule has 0 radical (unpaired) electrons. The molecule has 0 N–H and O–H groups in total. The Morgan fingerprint density at radius 1 is 1.08 bits per heavy atom. The lowest BCUT2D eigenvalue weighted by molar-refractivity contribution is 0.695. The molecule has 0 unspecified atom stereocenters. The van der Waals surface area contributed by atoms with Crippen molar-refractivity contribution in [2.24, 2.45) is 0 Å². The number of allylic oxidation sites excluding steroid dienone is 3. The SMILES string of the molecule is C=C=CCCCCCC=CCC. The molecule has 0 aliphatic carbocycles. The second kappa shape index (κ2) is 10.3. The van der Waals surface area contributed by atoms with E-state index in [1.807, 2.05) is 6.08 Å². The van der Waals surface area contributed by atoms with Crippen molar-refractivity contribution in [1.82, 2.24) is 0 Å². The smallest absolute Gasteiger partial charge is 0.0275 e. The Bertz CT molecular complexity index is 147. The van der Waals surface area contributed by atoms with Crippen molar-refractivity contribution in [2.75, 3.05) is 0 Å². The molecule has 0 aromatic heterocycles. The maximum Gasteiger partial charge on any atom is -0.0275 e. The third-order valence-corrected chi connectivity index (χ3v) is 1.77. The molecule has 0 saturated carbocycles. The minimum Gasteiger partial charge on any atom is -0.133 e. The Kier molecular flexibility index (Phi) is 9.63. The lowest BCUT2D eigenvalue weighted by Crippen LogP contribution is -1.74. The van der Waals surface area contributed by atoms with Gasteiger partial charge in [-0.05, 0) is 38.2 Å². The molecule has 0 amide bonds. The Morgan fingerprint density at radius 2 is 1.83 bits per heavy atom. The summed E-state index contributed by atoms with van der Waals surface area (Å²) in [6.07, 6.45) is 14.0. The van der Waals surface area contributed by atoms with Gasteiger partial charge in [0.25, 0.3) is 0 Å². The van der Waals surface area contributed by atoms with Crippen molar-refractivity contribution < 1.29 is 0 Å². The van der Waals surface area contributed by atoms with Crippen molar-refractivity contribution in [2.45, 2.75) is 45.4 Å². The molecule has 0 aliphatic rings. The van der Waals surface area contributed by atoms with Crippen molar-refractivity contribution in [3.8, 4) is 0 Å². The van der Waals surface area contributed by atoms with Crippen LogP contribution in [0.25, 0.3) is 0 Å². The molecule has 0 saturated heterocycles. The molecule has 0 fully saturated rings. The van der Waals surface area contributed by atoms with E-state index in [0.717, 1.165) is 6.42 Å². The first kappa shape index (κ1) is 11.3. The molecule has 0 heterocycles. The number of rotatable bonds is 7. The molecule has 0 aromatic carbocycles. The van der Waals surface area contributed by atoms with Crippen LogP contribution in [0.4, 0.5) is 0 Å². The van der Waals surface area contributed by atoms with E-state index in [1.165, 1.54) is 32.1 Å². The molecule has 0 spiro atoms. The molecular weight excluding hydrogens is 144 g/mol. The largest absolute Gasteiger partial charge is 0.133 e. The molecular formula is C12H20. The van der Waals surface area contributed by atoms with E-state index < -0.39 is 0 Å². The Labute approximate surface area is 76.7 Å².